The van der Waals surface area contributed by atoms with Gasteiger partial charge in [0.1, 0.15) is 5.60 Å². The van der Waals surface area contributed by atoms with E-state index in [1.807, 2.05) is 0 Å². The van der Waals surface area contributed by atoms with Gasteiger partial charge < -0.3 is 14.7 Å². The molecule has 0 aliphatic carbocycles. The van der Waals surface area contributed by atoms with E-state index in [0.717, 1.165) is 0 Å². The summed E-state index contributed by atoms with van der Waals surface area (Å²) in [5.41, 5.74) is 0.576. The van der Waals surface area contributed by atoms with E-state index >= 15 is 0 Å². The van der Waals surface area contributed by atoms with E-state index in [9.17, 15) is 14.7 Å². The quantitative estimate of drug-likeness (QED) is 0.868. The zero-order chi connectivity index (χ0) is 16.8. The molecular formula is C16H19N3O4. The largest absolute Gasteiger partial charge is 0.442 e. The van der Waals surface area contributed by atoms with E-state index in [2.05, 4.69) is 5.10 Å². The van der Waals surface area contributed by atoms with Crippen LogP contribution >= 0.6 is 0 Å². The summed E-state index contributed by atoms with van der Waals surface area (Å²) in [7, 11) is 0. The summed E-state index contributed by atoms with van der Waals surface area (Å²) in [6, 6.07) is 5.27. The van der Waals surface area contributed by atoms with Gasteiger partial charge in [0.2, 0.25) is 5.91 Å². The van der Waals surface area contributed by atoms with Crippen LogP contribution in [-0.2, 0) is 9.53 Å². The lowest BCUT2D eigenvalue weighted by atomic mass is 10.2. The molecule has 0 spiro atoms. The Morgan fingerprint density at radius 2 is 2.13 bits per heavy atom. The van der Waals surface area contributed by atoms with Crippen LogP contribution in [0, 0.1) is 0 Å². The molecular weight excluding hydrogens is 298 g/mol. The third-order valence-electron chi connectivity index (χ3n) is 3.55. The van der Waals surface area contributed by atoms with Crippen molar-refractivity contribution in [1.29, 1.82) is 0 Å². The van der Waals surface area contributed by atoms with Crippen molar-refractivity contribution in [1.82, 2.24) is 9.78 Å². The summed E-state index contributed by atoms with van der Waals surface area (Å²) in [4.78, 5) is 25.8. The van der Waals surface area contributed by atoms with Gasteiger partial charge in [-0.2, -0.15) is 9.78 Å². The van der Waals surface area contributed by atoms with Crippen LogP contribution in [-0.4, -0.2) is 45.1 Å². The minimum absolute atomic E-state index is 0.108. The van der Waals surface area contributed by atoms with Gasteiger partial charge in [-0.3, -0.25) is 4.79 Å². The molecule has 1 aromatic heterocycles. The number of hydrogen-bond donors (Lipinski definition) is 1. The Morgan fingerprint density at radius 3 is 2.74 bits per heavy atom. The highest BCUT2D eigenvalue weighted by molar-refractivity contribution is 6.05. The standard InChI is InChI=1S/C16H19N3O4/c1-16(2,3)23-15(22)19-13-6-4-5-12(11(13)8-17-19)18-9-10(20)7-14(18)21/h4-6,8,10,20H,7,9H2,1-3H3. The van der Waals surface area contributed by atoms with E-state index in [4.69, 9.17) is 4.74 Å². The first kappa shape index (κ1) is 15.5. The molecule has 0 radical (unpaired) electrons. The SMILES string of the molecule is CC(C)(C)OC(=O)n1ncc2c(N3CC(O)CC3=O)cccc21. The number of rotatable bonds is 1. The summed E-state index contributed by atoms with van der Waals surface area (Å²) < 4.78 is 6.52. The second-order valence-electron chi connectivity index (χ2n) is 6.61. The molecule has 1 amide bonds. The Kier molecular flexibility index (Phi) is 3.60. The van der Waals surface area contributed by atoms with Crippen LogP contribution in [0.3, 0.4) is 0 Å². The fraction of sp³-hybridized carbons (Fsp3) is 0.438. The van der Waals surface area contributed by atoms with Crippen molar-refractivity contribution in [2.24, 2.45) is 0 Å². The molecule has 1 aromatic carbocycles. The van der Waals surface area contributed by atoms with Gasteiger partial charge in [-0.15, -0.1) is 0 Å². The van der Waals surface area contributed by atoms with Gasteiger partial charge in [-0.25, -0.2) is 4.79 Å². The number of carbonyl (C=O) groups excluding carboxylic acids is 2. The molecule has 1 saturated heterocycles. The van der Waals surface area contributed by atoms with Crippen LogP contribution in [0.2, 0.25) is 0 Å². The van der Waals surface area contributed by atoms with E-state index in [-0.39, 0.29) is 18.9 Å². The van der Waals surface area contributed by atoms with Crippen LogP contribution < -0.4 is 4.90 Å². The van der Waals surface area contributed by atoms with Crippen LogP contribution in [0.1, 0.15) is 27.2 Å². The summed E-state index contributed by atoms with van der Waals surface area (Å²) in [5.74, 6) is -0.144. The number of β-amino-alcohol motifs (C(OH)–C–C–N with tert-alkyl or cyclic N) is 1. The van der Waals surface area contributed by atoms with Crippen molar-refractivity contribution in [3.05, 3.63) is 24.4 Å². The number of anilines is 1. The molecule has 3 rings (SSSR count). The summed E-state index contributed by atoms with van der Waals surface area (Å²) in [5, 5.41) is 14.4. The molecule has 1 atom stereocenters. The molecule has 7 nitrogen and oxygen atoms in total. The molecule has 7 heteroatoms. The van der Waals surface area contributed by atoms with Crippen LogP contribution in [0.4, 0.5) is 10.5 Å². The van der Waals surface area contributed by atoms with E-state index < -0.39 is 17.8 Å². The van der Waals surface area contributed by atoms with Gasteiger partial charge in [0, 0.05) is 5.39 Å². The van der Waals surface area contributed by atoms with Crippen LogP contribution in [0.15, 0.2) is 24.4 Å². The van der Waals surface area contributed by atoms with Gasteiger partial charge >= 0.3 is 6.09 Å². The molecule has 2 aromatic rings. The maximum absolute atomic E-state index is 12.2. The lowest BCUT2D eigenvalue weighted by molar-refractivity contribution is -0.117. The second kappa shape index (κ2) is 5.34. The average Bonchev–Trinajstić information content (AvgIpc) is 2.99. The first-order chi connectivity index (χ1) is 10.8. The lowest BCUT2D eigenvalue weighted by Gasteiger charge is -2.19. The highest BCUT2D eigenvalue weighted by Crippen LogP contribution is 2.30. The van der Waals surface area contributed by atoms with Gasteiger partial charge in [-0.1, -0.05) is 6.07 Å². The number of hydrogen-bond acceptors (Lipinski definition) is 5. The highest BCUT2D eigenvalue weighted by Gasteiger charge is 2.31. The molecule has 0 bridgehead atoms. The number of fused-ring (bicyclic) bond motifs is 1. The number of amides is 1. The number of aromatic nitrogens is 2. The van der Waals surface area contributed by atoms with Crippen molar-refractivity contribution in [2.45, 2.75) is 38.9 Å². The zero-order valence-electron chi connectivity index (χ0n) is 13.3. The number of aliphatic hydroxyl groups is 1. The number of benzene rings is 1. The smallest absolute Gasteiger partial charge is 0.435 e. The fourth-order valence-corrected chi connectivity index (χ4v) is 2.64. The Hall–Kier alpha value is -2.41. The third-order valence-corrected chi connectivity index (χ3v) is 3.55. The monoisotopic (exact) mass is 317 g/mol. The van der Waals surface area contributed by atoms with E-state index in [1.54, 1.807) is 39.0 Å². The van der Waals surface area contributed by atoms with Crippen molar-refractivity contribution in [2.75, 3.05) is 11.4 Å². The Bertz CT molecular complexity index is 775. The average molecular weight is 317 g/mol. The predicted octanol–water partition coefficient (Wildman–Crippen LogP) is 1.92. The minimum atomic E-state index is -0.668. The first-order valence-electron chi connectivity index (χ1n) is 7.45. The van der Waals surface area contributed by atoms with Crippen LogP contribution in [0.5, 0.6) is 0 Å². The maximum Gasteiger partial charge on any atom is 0.435 e. The molecule has 23 heavy (non-hydrogen) atoms. The summed E-state index contributed by atoms with van der Waals surface area (Å²) in [6.45, 7) is 5.60. The van der Waals surface area contributed by atoms with Crippen molar-refractivity contribution >= 4 is 28.6 Å². The zero-order valence-corrected chi connectivity index (χ0v) is 13.3. The molecule has 2 heterocycles. The van der Waals surface area contributed by atoms with Crippen molar-refractivity contribution in [3.8, 4) is 0 Å². The molecule has 1 aliphatic rings. The normalized spacial score (nSPS) is 18.7. The minimum Gasteiger partial charge on any atom is -0.442 e. The van der Waals surface area contributed by atoms with Crippen molar-refractivity contribution in [3.63, 3.8) is 0 Å². The van der Waals surface area contributed by atoms with Gasteiger partial charge in [0.05, 0.1) is 36.5 Å². The molecule has 1 unspecified atom stereocenters. The predicted molar refractivity (Wildman–Crippen MR) is 84.3 cm³/mol. The number of ether oxygens (including phenoxy) is 1. The third kappa shape index (κ3) is 2.92. The topological polar surface area (TPSA) is 84.7 Å². The Labute approximate surface area is 133 Å². The number of carbonyl (C=O) groups is 2. The number of nitrogens with zero attached hydrogens (tertiary/aromatic N) is 3. The molecule has 122 valence electrons. The fourth-order valence-electron chi connectivity index (χ4n) is 2.64. The summed E-state index contributed by atoms with van der Waals surface area (Å²) in [6.07, 6.45) is 0.402. The van der Waals surface area contributed by atoms with Gasteiger partial charge in [-0.05, 0) is 32.9 Å². The Morgan fingerprint density at radius 1 is 1.39 bits per heavy atom. The van der Waals surface area contributed by atoms with E-state index in [0.29, 0.717) is 16.6 Å². The summed E-state index contributed by atoms with van der Waals surface area (Å²) >= 11 is 0. The maximum atomic E-state index is 12.2. The number of aliphatic hydroxyl groups excluding tert-OH is 1. The second-order valence-corrected chi connectivity index (χ2v) is 6.61. The van der Waals surface area contributed by atoms with Crippen molar-refractivity contribution < 1.29 is 19.4 Å². The molecule has 1 fully saturated rings. The highest BCUT2D eigenvalue weighted by atomic mass is 16.6. The Balaban J connectivity index is 2.01. The van der Waals surface area contributed by atoms with Gasteiger partial charge in [0.15, 0.2) is 0 Å². The van der Waals surface area contributed by atoms with Crippen LogP contribution in [0.25, 0.3) is 10.9 Å². The molecule has 1 aliphatic heterocycles. The molecule has 0 saturated carbocycles. The lowest BCUT2D eigenvalue weighted by Crippen LogP contribution is -2.27. The first-order valence-corrected chi connectivity index (χ1v) is 7.45. The van der Waals surface area contributed by atoms with E-state index in [1.165, 1.54) is 15.8 Å². The van der Waals surface area contributed by atoms with Gasteiger partial charge in [0.25, 0.3) is 0 Å². The molecule has 1 N–H and O–H groups in total.